The molecule has 2 aromatic rings. The number of benzene rings is 1. The molecule has 0 radical (unpaired) electrons. The van der Waals surface area contributed by atoms with Gasteiger partial charge in [0.2, 0.25) is 0 Å². The first-order chi connectivity index (χ1) is 13.8. The molecular weight excluding hydrogens is 389 g/mol. The molecule has 0 aliphatic carbocycles. The second-order valence-corrected chi connectivity index (χ2v) is 6.87. The average molecular weight is 407 g/mol. The molecule has 2 fully saturated rings. The summed E-state index contributed by atoms with van der Waals surface area (Å²) in [6.45, 7) is 1.08. The number of hydrogen-bond donors (Lipinski definition) is 0. The first kappa shape index (κ1) is 19.2. The molecule has 0 saturated carbocycles. The number of fused-ring (bicyclic) bond motifs is 1. The zero-order chi connectivity index (χ0) is 20.6. The van der Waals surface area contributed by atoms with Crippen molar-refractivity contribution < 1.29 is 27.6 Å². The van der Waals surface area contributed by atoms with Crippen molar-refractivity contribution in [1.82, 2.24) is 15.1 Å². The maximum absolute atomic E-state index is 12.6. The minimum atomic E-state index is -4.38. The van der Waals surface area contributed by atoms with E-state index in [2.05, 4.69) is 4.98 Å². The van der Waals surface area contributed by atoms with Gasteiger partial charge in [0.15, 0.2) is 4.87 Å². The molecule has 1 aromatic carbocycles. The van der Waals surface area contributed by atoms with Gasteiger partial charge in [-0.15, -0.1) is 0 Å². The maximum Gasteiger partial charge on any atom is 0.416 e. The number of halogens is 3. The van der Waals surface area contributed by atoms with E-state index >= 15 is 0 Å². The summed E-state index contributed by atoms with van der Waals surface area (Å²) in [5, 5.41) is 2.87. The predicted molar refractivity (Wildman–Crippen MR) is 94.0 cm³/mol. The number of hydrazine groups is 2. The molecule has 29 heavy (non-hydrogen) atoms. The lowest BCUT2D eigenvalue weighted by molar-refractivity contribution is -0.741. The Morgan fingerprint density at radius 2 is 1.83 bits per heavy atom. The highest BCUT2D eigenvalue weighted by atomic mass is 19.4. The third-order valence-electron chi connectivity index (χ3n) is 4.92. The van der Waals surface area contributed by atoms with Gasteiger partial charge < -0.3 is 4.74 Å². The number of aromatic nitrogens is 1. The van der Waals surface area contributed by atoms with Gasteiger partial charge in [-0.3, -0.25) is 4.79 Å². The average Bonchev–Trinajstić information content (AvgIpc) is 2.97. The van der Waals surface area contributed by atoms with Crippen molar-refractivity contribution in [2.24, 2.45) is 0 Å². The van der Waals surface area contributed by atoms with Crippen LogP contribution in [0.4, 0.5) is 13.2 Å². The van der Waals surface area contributed by atoms with Crippen molar-refractivity contribution in [2.75, 3.05) is 13.1 Å². The lowest BCUT2D eigenvalue weighted by atomic mass is 10.1. The summed E-state index contributed by atoms with van der Waals surface area (Å²) >= 11 is 0. The van der Waals surface area contributed by atoms with Crippen LogP contribution < -0.4 is 4.74 Å². The lowest BCUT2D eigenvalue weighted by Crippen LogP contribution is -2.45. The van der Waals surface area contributed by atoms with E-state index in [9.17, 15) is 22.9 Å². The van der Waals surface area contributed by atoms with Gasteiger partial charge in [-0.1, -0.05) is 12.1 Å². The number of hydrogen-bond acceptors (Lipinski definition) is 4. The Hall–Kier alpha value is -3.17. The largest absolute Gasteiger partial charge is 0.487 e. The number of carbonyl (C=O) groups excluding carboxylic acids is 1. The predicted octanol–water partition coefficient (Wildman–Crippen LogP) is 3.27. The molecule has 2 aliphatic rings. The Balaban J connectivity index is 1.41. The first-order valence-corrected chi connectivity index (χ1v) is 9.14. The Bertz CT molecular complexity index is 892. The number of carbonyl (C=O) groups is 1. The fourth-order valence-corrected chi connectivity index (χ4v) is 3.38. The van der Waals surface area contributed by atoms with Gasteiger partial charge >= 0.3 is 18.1 Å². The Labute approximate surface area is 164 Å². The molecule has 1 aromatic heterocycles. The summed E-state index contributed by atoms with van der Waals surface area (Å²) in [4.78, 5) is 29.9. The normalized spacial score (nSPS) is 19.5. The van der Waals surface area contributed by atoms with Crippen LogP contribution in [0.15, 0.2) is 42.6 Å². The number of alkyl halides is 3. The van der Waals surface area contributed by atoms with Gasteiger partial charge in [-0.05, 0) is 47.8 Å². The fourth-order valence-electron chi connectivity index (χ4n) is 3.38. The molecular formula is C19H18F3N4O3+. The van der Waals surface area contributed by atoms with Gasteiger partial charge in [0.25, 0.3) is 0 Å². The summed E-state index contributed by atoms with van der Waals surface area (Å²) in [6, 6.07) is 6.81. The molecule has 1 unspecified atom stereocenters. The van der Waals surface area contributed by atoms with Crippen LogP contribution in [-0.4, -0.2) is 39.0 Å². The summed E-state index contributed by atoms with van der Waals surface area (Å²) in [5.74, 6) is 0.0835. The minimum absolute atomic E-state index is 0.0662. The Morgan fingerprint density at radius 1 is 1.10 bits per heavy atom. The topological polar surface area (TPSA) is 65.8 Å². The van der Waals surface area contributed by atoms with E-state index < -0.39 is 17.8 Å². The highest BCUT2D eigenvalue weighted by Crippen LogP contribution is 2.31. The third kappa shape index (κ3) is 3.74. The molecule has 0 N–H and O–H groups in total. The maximum atomic E-state index is 12.6. The molecule has 152 valence electrons. The number of nitroso groups, excluding NO2 is 1. The highest BCUT2D eigenvalue weighted by Gasteiger charge is 2.55. The molecule has 3 heterocycles. The zero-order valence-corrected chi connectivity index (χ0v) is 15.3. The van der Waals surface area contributed by atoms with E-state index in [0.29, 0.717) is 35.0 Å². The molecule has 2 aliphatic heterocycles. The molecule has 1 atom stereocenters. The van der Waals surface area contributed by atoms with E-state index in [1.54, 1.807) is 12.1 Å². The number of rotatable bonds is 4. The molecule has 0 spiro atoms. The van der Waals surface area contributed by atoms with E-state index in [4.69, 9.17) is 4.74 Å². The first-order valence-electron chi connectivity index (χ1n) is 9.14. The number of ether oxygens (including phenoxy) is 1. The summed E-state index contributed by atoms with van der Waals surface area (Å²) in [7, 11) is 0. The lowest BCUT2D eigenvalue weighted by Gasteiger charge is -2.24. The molecule has 0 bridgehead atoms. The SMILES string of the molecule is O=C1C(c2ccc(OCc3ccc(C(F)(F)F)cc3)cn2)[N+](=O)N2CCCCN12. The van der Waals surface area contributed by atoms with Crippen LogP contribution in [-0.2, 0) is 17.6 Å². The standard InChI is InChI=1S/C19H18F3N4O3/c20-19(21,22)14-5-3-13(4-6-14)12-29-15-7-8-16(23-11-15)17-18(27)24-9-1-2-10-25(24)26(17)28/h3-8,11,17H,1-2,9-10,12H2/q+1. The van der Waals surface area contributed by atoms with Crippen LogP contribution in [0.1, 0.15) is 35.7 Å². The second kappa shape index (κ2) is 7.34. The van der Waals surface area contributed by atoms with Crippen LogP contribution in [0, 0.1) is 4.91 Å². The smallest absolute Gasteiger partial charge is 0.416 e. The van der Waals surface area contributed by atoms with Crippen molar-refractivity contribution in [3.05, 3.63) is 64.3 Å². The van der Waals surface area contributed by atoms with Crippen LogP contribution in [0.5, 0.6) is 5.75 Å². The van der Waals surface area contributed by atoms with Crippen LogP contribution in [0.2, 0.25) is 0 Å². The van der Waals surface area contributed by atoms with Gasteiger partial charge in [0.05, 0.1) is 16.7 Å². The van der Waals surface area contributed by atoms with E-state index in [-0.39, 0.29) is 12.5 Å². The van der Waals surface area contributed by atoms with Crippen LogP contribution in [0.3, 0.4) is 0 Å². The van der Waals surface area contributed by atoms with Gasteiger partial charge in [-0.2, -0.15) is 18.2 Å². The van der Waals surface area contributed by atoms with Crippen molar-refractivity contribution in [3.8, 4) is 5.75 Å². The fraction of sp³-hybridized carbons (Fsp3) is 0.368. The summed E-state index contributed by atoms with van der Waals surface area (Å²) in [5.41, 5.74) is 0.174. The van der Waals surface area contributed by atoms with Crippen LogP contribution in [0.25, 0.3) is 0 Å². The number of nitrogens with zero attached hydrogens (tertiary/aromatic N) is 4. The third-order valence-corrected chi connectivity index (χ3v) is 4.92. The second-order valence-electron chi connectivity index (χ2n) is 6.87. The van der Waals surface area contributed by atoms with Crippen molar-refractivity contribution in [3.63, 3.8) is 0 Å². The van der Waals surface area contributed by atoms with Gasteiger partial charge in [0, 0.05) is 6.54 Å². The molecule has 7 nitrogen and oxygen atoms in total. The Morgan fingerprint density at radius 3 is 2.45 bits per heavy atom. The summed E-state index contributed by atoms with van der Waals surface area (Å²) in [6.07, 6.45) is -1.28. The molecule has 1 amide bonds. The van der Waals surface area contributed by atoms with Crippen molar-refractivity contribution >= 4 is 5.91 Å². The molecule has 2 saturated heterocycles. The van der Waals surface area contributed by atoms with Crippen molar-refractivity contribution in [2.45, 2.75) is 31.7 Å². The molecule has 10 heteroatoms. The summed E-state index contributed by atoms with van der Waals surface area (Å²) < 4.78 is 43.3. The van der Waals surface area contributed by atoms with E-state index in [0.717, 1.165) is 25.0 Å². The highest BCUT2D eigenvalue weighted by molar-refractivity contribution is 5.82. The van der Waals surface area contributed by atoms with Gasteiger partial charge in [0.1, 0.15) is 24.6 Å². The Kier molecular flexibility index (Phi) is 4.85. The number of pyridine rings is 1. The molecule has 4 rings (SSSR count). The van der Waals surface area contributed by atoms with Crippen molar-refractivity contribution in [1.29, 1.82) is 0 Å². The van der Waals surface area contributed by atoms with E-state index in [1.165, 1.54) is 28.5 Å². The number of amides is 1. The zero-order valence-electron chi connectivity index (χ0n) is 15.3. The minimum Gasteiger partial charge on any atom is -0.487 e. The van der Waals surface area contributed by atoms with E-state index in [1.807, 2.05) is 0 Å². The van der Waals surface area contributed by atoms with Crippen LogP contribution >= 0.6 is 0 Å². The quantitative estimate of drug-likeness (QED) is 0.728. The van der Waals surface area contributed by atoms with Gasteiger partial charge in [-0.25, -0.2) is 4.98 Å². The monoisotopic (exact) mass is 407 g/mol.